The largest absolute Gasteiger partial charge is 0.345 e. The van der Waals surface area contributed by atoms with Gasteiger partial charge in [0.1, 0.15) is 0 Å². The van der Waals surface area contributed by atoms with Crippen LogP contribution in [0.2, 0.25) is 0 Å². The Kier molecular flexibility index (Phi) is 4.34. The lowest BCUT2D eigenvalue weighted by Crippen LogP contribution is -2.50. The highest BCUT2D eigenvalue weighted by atomic mass is 16.2. The SMILES string of the molecule is CC(NC(=O)C(=O)NC(C)C1CC2CCC1C2)C1CC2CCC1C2. The van der Waals surface area contributed by atoms with Crippen molar-refractivity contribution in [2.24, 2.45) is 35.5 Å². The Morgan fingerprint density at radius 1 is 0.708 bits per heavy atom. The van der Waals surface area contributed by atoms with Crippen molar-refractivity contribution >= 4 is 11.8 Å². The average molecular weight is 332 g/mol. The van der Waals surface area contributed by atoms with Crippen molar-refractivity contribution in [1.29, 1.82) is 0 Å². The van der Waals surface area contributed by atoms with Gasteiger partial charge in [0, 0.05) is 12.1 Å². The Balaban J connectivity index is 1.26. The Bertz CT molecular complexity index is 474. The lowest BCUT2D eigenvalue weighted by atomic mass is 9.83. The van der Waals surface area contributed by atoms with E-state index in [4.69, 9.17) is 0 Å². The summed E-state index contributed by atoms with van der Waals surface area (Å²) < 4.78 is 0. The fraction of sp³-hybridized carbons (Fsp3) is 0.900. The molecule has 4 nitrogen and oxygen atoms in total. The lowest BCUT2D eigenvalue weighted by molar-refractivity contribution is -0.140. The van der Waals surface area contributed by atoms with E-state index in [9.17, 15) is 9.59 Å². The van der Waals surface area contributed by atoms with Crippen LogP contribution in [0.15, 0.2) is 0 Å². The molecule has 0 aromatic rings. The molecule has 4 saturated carbocycles. The van der Waals surface area contributed by atoms with E-state index in [-0.39, 0.29) is 12.1 Å². The number of fused-ring (bicyclic) bond motifs is 4. The maximum absolute atomic E-state index is 12.3. The average Bonchev–Trinajstić information content (AvgIpc) is 3.33. The Morgan fingerprint density at radius 3 is 1.42 bits per heavy atom. The number of hydrogen-bond acceptors (Lipinski definition) is 2. The summed E-state index contributed by atoms with van der Waals surface area (Å²) in [5, 5.41) is 5.97. The number of rotatable bonds is 4. The van der Waals surface area contributed by atoms with Crippen molar-refractivity contribution in [3.05, 3.63) is 0 Å². The number of carbonyl (C=O) groups excluding carboxylic acids is 2. The van der Waals surface area contributed by atoms with Gasteiger partial charge in [0.05, 0.1) is 0 Å². The van der Waals surface area contributed by atoms with Gasteiger partial charge in [-0.3, -0.25) is 9.59 Å². The summed E-state index contributed by atoms with van der Waals surface area (Å²) in [4.78, 5) is 24.6. The lowest BCUT2D eigenvalue weighted by Gasteiger charge is -2.30. The summed E-state index contributed by atoms with van der Waals surface area (Å²) in [6.45, 7) is 4.16. The molecule has 0 spiro atoms. The molecule has 24 heavy (non-hydrogen) atoms. The summed E-state index contributed by atoms with van der Waals surface area (Å²) in [6, 6.07) is 0.243. The predicted molar refractivity (Wildman–Crippen MR) is 93.1 cm³/mol. The van der Waals surface area contributed by atoms with Crippen LogP contribution < -0.4 is 10.6 Å². The van der Waals surface area contributed by atoms with Crippen LogP contribution >= 0.6 is 0 Å². The Morgan fingerprint density at radius 2 is 1.12 bits per heavy atom. The molecule has 4 aliphatic rings. The van der Waals surface area contributed by atoms with Crippen LogP contribution in [0.4, 0.5) is 0 Å². The third-order valence-corrected chi connectivity index (χ3v) is 7.79. The number of nitrogens with one attached hydrogen (secondary N) is 2. The molecule has 134 valence electrons. The topological polar surface area (TPSA) is 58.2 Å². The second-order valence-corrected chi connectivity index (χ2v) is 9.20. The van der Waals surface area contributed by atoms with Crippen LogP contribution in [0.5, 0.6) is 0 Å². The minimum atomic E-state index is -0.430. The molecule has 4 aliphatic carbocycles. The third kappa shape index (κ3) is 2.97. The zero-order chi connectivity index (χ0) is 16.8. The van der Waals surface area contributed by atoms with Crippen molar-refractivity contribution in [2.75, 3.05) is 0 Å². The molecule has 2 N–H and O–H groups in total. The predicted octanol–water partition coefficient (Wildman–Crippen LogP) is 2.87. The number of carbonyl (C=O) groups is 2. The van der Waals surface area contributed by atoms with Gasteiger partial charge in [0.25, 0.3) is 0 Å². The van der Waals surface area contributed by atoms with E-state index in [0.29, 0.717) is 11.8 Å². The first-order valence-corrected chi connectivity index (χ1v) is 10.1. The molecular formula is C20H32N2O2. The summed E-state index contributed by atoms with van der Waals surface area (Å²) >= 11 is 0. The summed E-state index contributed by atoms with van der Waals surface area (Å²) in [6.07, 6.45) is 10.5. The molecular weight excluding hydrogens is 300 g/mol. The monoisotopic (exact) mass is 332 g/mol. The molecule has 8 unspecified atom stereocenters. The van der Waals surface area contributed by atoms with E-state index in [0.717, 1.165) is 23.7 Å². The quantitative estimate of drug-likeness (QED) is 0.778. The summed E-state index contributed by atoms with van der Waals surface area (Å²) in [5.74, 6) is 3.55. The fourth-order valence-corrected chi connectivity index (χ4v) is 6.57. The minimum Gasteiger partial charge on any atom is -0.345 e. The van der Waals surface area contributed by atoms with Crippen LogP contribution in [0.3, 0.4) is 0 Å². The Labute approximate surface area is 145 Å². The standard InChI is InChI=1S/C20H32N2O2/c1-11(17-9-13-3-5-15(17)7-13)21-19(23)20(24)22-12(2)18-10-14-4-6-16(18)8-14/h11-18H,3-10H2,1-2H3,(H,21,23)(H,22,24). The van der Waals surface area contributed by atoms with Gasteiger partial charge < -0.3 is 10.6 Å². The molecule has 4 bridgehead atoms. The highest BCUT2D eigenvalue weighted by Crippen LogP contribution is 2.50. The van der Waals surface area contributed by atoms with Crippen molar-refractivity contribution in [1.82, 2.24) is 10.6 Å². The number of hydrogen-bond donors (Lipinski definition) is 2. The van der Waals surface area contributed by atoms with Crippen molar-refractivity contribution in [2.45, 2.75) is 77.3 Å². The van der Waals surface area contributed by atoms with Crippen LogP contribution in [0.1, 0.15) is 65.2 Å². The van der Waals surface area contributed by atoms with Gasteiger partial charge in [-0.05, 0) is 87.9 Å². The van der Waals surface area contributed by atoms with E-state index in [2.05, 4.69) is 24.5 Å². The van der Waals surface area contributed by atoms with E-state index >= 15 is 0 Å². The number of amides is 2. The third-order valence-electron chi connectivity index (χ3n) is 7.79. The second kappa shape index (κ2) is 6.34. The summed E-state index contributed by atoms with van der Waals surface area (Å²) in [7, 11) is 0. The molecule has 2 amide bonds. The fourth-order valence-electron chi connectivity index (χ4n) is 6.57. The molecule has 0 aromatic carbocycles. The summed E-state index contributed by atoms with van der Waals surface area (Å²) in [5.41, 5.74) is 0. The zero-order valence-corrected chi connectivity index (χ0v) is 15.1. The van der Waals surface area contributed by atoms with Crippen LogP contribution in [-0.4, -0.2) is 23.9 Å². The van der Waals surface area contributed by atoms with Gasteiger partial charge in [-0.2, -0.15) is 0 Å². The normalized spacial score (nSPS) is 42.1. The minimum absolute atomic E-state index is 0.122. The molecule has 0 saturated heterocycles. The molecule has 8 atom stereocenters. The molecule has 0 heterocycles. The molecule has 4 fully saturated rings. The van der Waals surface area contributed by atoms with Gasteiger partial charge in [0.15, 0.2) is 0 Å². The first kappa shape index (κ1) is 16.4. The highest BCUT2D eigenvalue weighted by molar-refractivity contribution is 6.35. The maximum atomic E-state index is 12.3. The molecule has 4 rings (SSSR count). The van der Waals surface area contributed by atoms with E-state index in [1.807, 2.05) is 0 Å². The van der Waals surface area contributed by atoms with E-state index < -0.39 is 11.8 Å². The first-order valence-electron chi connectivity index (χ1n) is 10.1. The van der Waals surface area contributed by atoms with E-state index in [1.54, 1.807) is 0 Å². The molecule has 0 aliphatic heterocycles. The maximum Gasteiger partial charge on any atom is 0.309 e. The van der Waals surface area contributed by atoms with Gasteiger partial charge in [-0.15, -0.1) is 0 Å². The smallest absolute Gasteiger partial charge is 0.309 e. The molecule has 0 radical (unpaired) electrons. The van der Waals surface area contributed by atoms with Crippen molar-refractivity contribution < 1.29 is 9.59 Å². The molecule has 0 aromatic heterocycles. The van der Waals surface area contributed by atoms with E-state index in [1.165, 1.54) is 51.4 Å². The van der Waals surface area contributed by atoms with Crippen LogP contribution in [0.25, 0.3) is 0 Å². The highest BCUT2D eigenvalue weighted by Gasteiger charge is 2.44. The Hall–Kier alpha value is -1.06. The van der Waals surface area contributed by atoms with Gasteiger partial charge in [-0.1, -0.05) is 12.8 Å². The van der Waals surface area contributed by atoms with Crippen molar-refractivity contribution in [3.63, 3.8) is 0 Å². The van der Waals surface area contributed by atoms with Gasteiger partial charge in [0.2, 0.25) is 0 Å². The van der Waals surface area contributed by atoms with Crippen LogP contribution in [0, 0.1) is 35.5 Å². The van der Waals surface area contributed by atoms with Crippen LogP contribution in [-0.2, 0) is 9.59 Å². The molecule has 4 heteroatoms. The second-order valence-electron chi connectivity index (χ2n) is 9.20. The zero-order valence-electron chi connectivity index (χ0n) is 15.1. The van der Waals surface area contributed by atoms with Gasteiger partial charge in [-0.25, -0.2) is 0 Å². The van der Waals surface area contributed by atoms with Crippen molar-refractivity contribution in [3.8, 4) is 0 Å². The first-order chi connectivity index (χ1) is 11.5. The van der Waals surface area contributed by atoms with Gasteiger partial charge >= 0.3 is 11.8 Å².